The molecule has 0 bridgehead atoms. The van der Waals surface area contributed by atoms with Crippen molar-refractivity contribution in [1.29, 1.82) is 0 Å². The molecule has 1 aliphatic heterocycles. The molecule has 0 spiro atoms. The predicted molar refractivity (Wildman–Crippen MR) is 132 cm³/mol. The normalized spacial score (nSPS) is 14.1. The summed E-state index contributed by atoms with van der Waals surface area (Å²) in [6, 6.07) is 21.9. The molecular formula is C28H28N4O3. The van der Waals surface area contributed by atoms with Crippen LogP contribution in [0.15, 0.2) is 89.8 Å². The summed E-state index contributed by atoms with van der Waals surface area (Å²) in [4.78, 5) is 27.1. The number of carbonyl (C=O) groups is 2. The molecule has 1 aliphatic rings. The largest absolute Gasteiger partial charge is 0.459 e. The zero-order valence-electron chi connectivity index (χ0n) is 19.5. The molecule has 0 saturated carbocycles. The lowest BCUT2D eigenvalue weighted by Crippen LogP contribution is -2.42. The molecule has 0 radical (unpaired) electrons. The van der Waals surface area contributed by atoms with Gasteiger partial charge < -0.3 is 14.6 Å². The number of carbonyl (C=O) groups excluding carboxylic acids is 2. The van der Waals surface area contributed by atoms with Gasteiger partial charge >= 0.3 is 0 Å². The minimum atomic E-state index is -0.113. The molecule has 1 saturated heterocycles. The van der Waals surface area contributed by atoms with Crippen molar-refractivity contribution >= 4 is 11.8 Å². The summed E-state index contributed by atoms with van der Waals surface area (Å²) in [5, 5.41) is 7.38. The second-order valence-corrected chi connectivity index (χ2v) is 8.82. The molecule has 0 aliphatic carbocycles. The Hall–Kier alpha value is -4.13. The molecule has 1 fully saturated rings. The summed E-state index contributed by atoms with van der Waals surface area (Å²) in [6.45, 7) is 2.31. The summed E-state index contributed by atoms with van der Waals surface area (Å²) in [5.74, 6) is 0.182. The number of rotatable bonds is 7. The van der Waals surface area contributed by atoms with Crippen LogP contribution in [-0.2, 0) is 17.9 Å². The zero-order valence-corrected chi connectivity index (χ0v) is 19.5. The maximum atomic E-state index is 12.9. The molecule has 7 heteroatoms. The number of aromatic nitrogens is 2. The van der Waals surface area contributed by atoms with Crippen LogP contribution in [0.5, 0.6) is 0 Å². The Bertz CT molecular complexity index is 1260. The Labute approximate surface area is 204 Å². The molecule has 2 aromatic heterocycles. The van der Waals surface area contributed by atoms with Crippen molar-refractivity contribution in [2.45, 2.75) is 25.9 Å². The number of piperidine rings is 1. The highest BCUT2D eigenvalue weighted by molar-refractivity contribution is 5.91. The standard InChI is InChI=1S/C28H28N4O3/c33-27(23-12-16-31(17-13-23)28(34)26-7-3-18-35-26)29-19-24-5-1-2-6-25(24)22-10-8-21(9-11-22)20-32-15-4-14-30-32/h1-11,14-15,18,23H,12-13,16-17,19-20H2,(H,29,33). The monoisotopic (exact) mass is 468 g/mol. The average Bonchev–Trinajstić information content (AvgIpc) is 3.63. The minimum Gasteiger partial charge on any atom is -0.459 e. The Morgan fingerprint density at radius 1 is 0.971 bits per heavy atom. The van der Waals surface area contributed by atoms with Crippen molar-refractivity contribution in [1.82, 2.24) is 20.0 Å². The van der Waals surface area contributed by atoms with Crippen LogP contribution in [0.2, 0.25) is 0 Å². The van der Waals surface area contributed by atoms with Crippen molar-refractivity contribution in [3.05, 3.63) is 102 Å². The van der Waals surface area contributed by atoms with E-state index in [4.69, 9.17) is 4.42 Å². The first kappa shape index (κ1) is 22.7. The Balaban J connectivity index is 1.17. The van der Waals surface area contributed by atoms with Gasteiger partial charge in [0.15, 0.2) is 5.76 Å². The second-order valence-electron chi connectivity index (χ2n) is 8.82. The van der Waals surface area contributed by atoms with Gasteiger partial charge in [-0.2, -0.15) is 5.10 Å². The first-order chi connectivity index (χ1) is 17.2. The number of nitrogens with zero attached hydrogens (tertiary/aromatic N) is 3. The van der Waals surface area contributed by atoms with Crippen LogP contribution in [0.25, 0.3) is 11.1 Å². The van der Waals surface area contributed by atoms with E-state index in [1.165, 1.54) is 11.8 Å². The van der Waals surface area contributed by atoms with Gasteiger partial charge in [0.1, 0.15) is 0 Å². The van der Waals surface area contributed by atoms with E-state index < -0.39 is 0 Å². The van der Waals surface area contributed by atoms with Crippen LogP contribution in [-0.4, -0.2) is 39.6 Å². The molecule has 4 aromatic rings. The average molecular weight is 469 g/mol. The zero-order chi connectivity index (χ0) is 24.0. The van der Waals surface area contributed by atoms with E-state index in [1.54, 1.807) is 23.2 Å². The molecule has 2 aromatic carbocycles. The number of likely N-dealkylation sites (tertiary alicyclic amines) is 1. The smallest absolute Gasteiger partial charge is 0.289 e. The van der Waals surface area contributed by atoms with Crippen LogP contribution in [0.3, 0.4) is 0 Å². The van der Waals surface area contributed by atoms with E-state index in [9.17, 15) is 9.59 Å². The van der Waals surface area contributed by atoms with Gasteiger partial charge in [0.25, 0.3) is 5.91 Å². The quantitative estimate of drug-likeness (QED) is 0.437. The van der Waals surface area contributed by atoms with Crippen molar-refractivity contribution < 1.29 is 14.0 Å². The van der Waals surface area contributed by atoms with Gasteiger partial charge in [-0.25, -0.2) is 0 Å². The third kappa shape index (κ3) is 5.35. The van der Waals surface area contributed by atoms with Crippen molar-refractivity contribution in [3.63, 3.8) is 0 Å². The molecule has 3 heterocycles. The van der Waals surface area contributed by atoms with E-state index in [-0.39, 0.29) is 17.7 Å². The van der Waals surface area contributed by atoms with E-state index in [0.717, 1.165) is 23.2 Å². The van der Waals surface area contributed by atoms with Gasteiger partial charge in [0, 0.05) is 37.9 Å². The van der Waals surface area contributed by atoms with Gasteiger partial charge in [-0.15, -0.1) is 0 Å². The maximum Gasteiger partial charge on any atom is 0.289 e. The number of amides is 2. The van der Waals surface area contributed by atoms with E-state index in [2.05, 4.69) is 46.8 Å². The highest BCUT2D eigenvalue weighted by Crippen LogP contribution is 2.25. The summed E-state index contributed by atoms with van der Waals surface area (Å²) >= 11 is 0. The summed E-state index contributed by atoms with van der Waals surface area (Å²) in [5.41, 5.74) is 4.48. The topological polar surface area (TPSA) is 80.4 Å². The van der Waals surface area contributed by atoms with Crippen LogP contribution >= 0.6 is 0 Å². The molecule has 0 atom stereocenters. The Morgan fingerprint density at radius 3 is 2.49 bits per heavy atom. The minimum absolute atomic E-state index is 0.0412. The van der Waals surface area contributed by atoms with E-state index in [1.807, 2.05) is 29.1 Å². The fourth-order valence-electron chi connectivity index (χ4n) is 4.55. The van der Waals surface area contributed by atoms with Crippen molar-refractivity contribution in [2.75, 3.05) is 13.1 Å². The number of nitrogens with one attached hydrogen (secondary N) is 1. The lowest BCUT2D eigenvalue weighted by atomic mass is 9.95. The fraction of sp³-hybridized carbons (Fsp3) is 0.250. The Kier molecular flexibility index (Phi) is 6.75. The number of benzene rings is 2. The molecule has 2 amide bonds. The van der Waals surface area contributed by atoms with Gasteiger partial charge in [-0.3, -0.25) is 14.3 Å². The molecule has 178 valence electrons. The number of hydrogen-bond acceptors (Lipinski definition) is 4. The van der Waals surface area contributed by atoms with Gasteiger partial charge in [-0.05, 0) is 53.3 Å². The van der Waals surface area contributed by atoms with Crippen LogP contribution in [0, 0.1) is 5.92 Å². The highest BCUT2D eigenvalue weighted by Gasteiger charge is 2.28. The first-order valence-electron chi connectivity index (χ1n) is 11.9. The van der Waals surface area contributed by atoms with Crippen LogP contribution in [0.4, 0.5) is 0 Å². The van der Waals surface area contributed by atoms with Gasteiger partial charge in [0.05, 0.1) is 12.8 Å². The number of hydrogen-bond donors (Lipinski definition) is 1. The predicted octanol–water partition coefficient (Wildman–Crippen LogP) is 4.36. The van der Waals surface area contributed by atoms with Crippen molar-refractivity contribution in [2.24, 2.45) is 5.92 Å². The van der Waals surface area contributed by atoms with Crippen LogP contribution < -0.4 is 5.32 Å². The summed E-state index contributed by atoms with van der Waals surface area (Å²) in [7, 11) is 0. The van der Waals surface area contributed by atoms with Gasteiger partial charge in [-0.1, -0.05) is 48.5 Å². The molecule has 1 N–H and O–H groups in total. The lowest BCUT2D eigenvalue weighted by Gasteiger charge is -2.30. The molecule has 0 unspecified atom stereocenters. The van der Waals surface area contributed by atoms with E-state index >= 15 is 0 Å². The summed E-state index contributed by atoms with van der Waals surface area (Å²) < 4.78 is 7.11. The van der Waals surface area contributed by atoms with Gasteiger partial charge in [0.2, 0.25) is 5.91 Å². The maximum absolute atomic E-state index is 12.9. The lowest BCUT2D eigenvalue weighted by molar-refractivity contribution is -0.126. The Morgan fingerprint density at radius 2 is 1.77 bits per heavy atom. The third-order valence-electron chi connectivity index (χ3n) is 6.52. The van der Waals surface area contributed by atoms with E-state index in [0.29, 0.717) is 38.2 Å². The van der Waals surface area contributed by atoms with Crippen molar-refractivity contribution in [3.8, 4) is 11.1 Å². The van der Waals surface area contributed by atoms with Crippen LogP contribution in [0.1, 0.15) is 34.5 Å². The molecule has 5 rings (SSSR count). The number of furan rings is 1. The highest BCUT2D eigenvalue weighted by atomic mass is 16.3. The molecule has 7 nitrogen and oxygen atoms in total. The molecule has 35 heavy (non-hydrogen) atoms. The SMILES string of the molecule is O=C(NCc1ccccc1-c1ccc(Cn2cccn2)cc1)C1CCN(C(=O)c2ccco2)CC1. The molecular weight excluding hydrogens is 440 g/mol. The fourth-order valence-corrected chi connectivity index (χ4v) is 4.55. The second kappa shape index (κ2) is 10.4. The first-order valence-corrected chi connectivity index (χ1v) is 11.9. The summed E-state index contributed by atoms with van der Waals surface area (Å²) in [6.07, 6.45) is 6.53. The third-order valence-corrected chi connectivity index (χ3v) is 6.52.